The molecule has 0 saturated heterocycles. The number of carbonyl (C=O) groups is 1. The maximum absolute atomic E-state index is 12.3. The van der Waals surface area contributed by atoms with Crippen molar-refractivity contribution in [3.05, 3.63) is 87.5 Å². The zero-order chi connectivity index (χ0) is 23.8. The Kier molecular flexibility index (Phi) is 8.10. The van der Waals surface area contributed by atoms with E-state index in [1.54, 1.807) is 25.1 Å². The summed E-state index contributed by atoms with van der Waals surface area (Å²) < 4.78 is 22.0. The number of aliphatic hydroxyl groups is 1. The first-order valence-corrected chi connectivity index (χ1v) is 10.4. The third-order valence-corrected chi connectivity index (χ3v) is 4.98. The van der Waals surface area contributed by atoms with Crippen LogP contribution >= 0.6 is 0 Å². The van der Waals surface area contributed by atoms with Crippen LogP contribution in [0.3, 0.4) is 0 Å². The molecule has 1 atom stereocenters. The first-order valence-electron chi connectivity index (χ1n) is 10.4. The third kappa shape index (κ3) is 5.93. The highest BCUT2D eigenvalue weighted by Gasteiger charge is 2.27. The number of benzene rings is 2. The summed E-state index contributed by atoms with van der Waals surface area (Å²) in [5.74, 6) is -1.33. The molecule has 3 rings (SSSR count). The third-order valence-electron chi connectivity index (χ3n) is 4.98. The van der Waals surface area contributed by atoms with Gasteiger partial charge in [-0.25, -0.2) is 0 Å². The van der Waals surface area contributed by atoms with Crippen molar-refractivity contribution in [3.8, 4) is 17.2 Å². The molecular weight excluding hydrogens is 428 g/mol. The molecule has 0 bridgehead atoms. The van der Waals surface area contributed by atoms with Gasteiger partial charge in [0.1, 0.15) is 19.0 Å². The standard InChI is InChI=1S/C25H26O8/c1-3-31-23(28)13-19(25-24(29)20(27)12-18(14-26)33-25)17-9-10-21(30-2)22(11-17)32-15-16-7-5-4-6-8-16/h4-12,19,26,29H,3,13-15H2,1-2H3. The van der Waals surface area contributed by atoms with Gasteiger partial charge in [-0.15, -0.1) is 0 Å². The molecule has 174 valence electrons. The molecule has 0 saturated carbocycles. The van der Waals surface area contributed by atoms with Gasteiger partial charge in [-0.1, -0.05) is 36.4 Å². The Hall–Kier alpha value is -3.78. The number of methoxy groups -OCH3 is 1. The Balaban J connectivity index is 2.04. The number of ether oxygens (including phenoxy) is 3. The fourth-order valence-electron chi connectivity index (χ4n) is 3.38. The minimum atomic E-state index is -0.867. The summed E-state index contributed by atoms with van der Waals surface area (Å²) in [5.41, 5.74) is 0.760. The fourth-order valence-corrected chi connectivity index (χ4v) is 3.38. The quantitative estimate of drug-likeness (QED) is 0.447. The molecule has 0 aliphatic carbocycles. The lowest BCUT2D eigenvalue weighted by molar-refractivity contribution is -0.143. The van der Waals surface area contributed by atoms with Crippen molar-refractivity contribution in [3.63, 3.8) is 0 Å². The number of hydrogen-bond acceptors (Lipinski definition) is 8. The van der Waals surface area contributed by atoms with Crippen molar-refractivity contribution in [2.24, 2.45) is 0 Å². The summed E-state index contributed by atoms with van der Waals surface area (Å²) in [7, 11) is 1.51. The molecular formula is C25H26O8. The zero-order valence-corrected chi connectivity index (χ0v) is 18.4. The molecule has 1 unspecified atom stereocenters. The van der Waals surface area contributed by atoms with Gasteiger partial charge in [-0.05, 0) is 30.2 Å². The molecule has 33 heavy (non-hydrogen) atoms. The van der Waals surface area contributed by atoms with E-state index in [9.17, 15) is 19.8 Å². The van der Waals surface area contributed by atoms with E-state index in [2.05, 4.69) is 0 Å². The van der Waals surface area contributed by atoms with Crippen LogP contribution in [-0.4, -0.2) is 29.9 Å². The average Bonchev–Trinajstić information content (AvgIpc) is 2.83. The Morgan fingerprint density at radius 1 is 1.09 bits per heavy atom. The zero-order valence-electron chi connectivity index (χ0n) is 18.4. The Morgan fingerprint density at radius 2 is 1.85 bits per heavy atom. The van der Waals surface area contributed by atoms with Crippen LogP contribution in [0.2, 0.25) is 0 Å². The second kappa shape index (κ2) is 11.2. The van der Waals surface area contributed by atoms with Crippen LogP contribution in [0.25, 0.3) is 0 Å². The molecule has 0 amide bonds. The summed E-state index contributed by atoms with van der Waals surface area (Å²) in [6.45, 7) is 1.60. The van der Waals surface area contributed by atoms with Crippen molar-refractivity contribution in [2.75, 3.05) is 13.7 Å². The maximum Gasteiger partial charge on any atom is 0.306 e. The Bertz CT molecular complexity index is 1140. The molecule has 0 aliphatic heterocycles. The van der Waals surface area contributed by atoms with Gasteiger partial charge in [0.15, 0.2) is 17.3 Å². The van der Waals surface area contributed by atoms with Crippen molar-refractivity contribution >= 4 is 5.97 Å². The molecule has 8 heteroatoms. The summed E-state index contributed by atoms with van der Waals surface area (Å²) in [6.07, 6.45) is -0.205. The van der Waals surface area contributed by atoms with Gasteiger partial charge in [-0.2, -0.15) is 0 Å². The number of esters is 1. The summed E-state index contributed by atoms with van der Waals surface area (Å²) in [5, 5.41) is 19.9. The van der Waals surface area contributed by atoms with E-state index in [-0.39, 0.29) is 31.2 Å². The highest BCUT2D eigenvalue weighted by Crippen LogP contribution is 2.38. The van der Waals surface area contributed by atoms with Crippen molar-refractivity contribution in [2.45, 2.75) is 32.5 Å². The van der Waals surface area contributed by atoms with E-state index in [1.807, 2.05) is 30.3 Å². The molecule has 1 aromatic heterocycles. The van der Waals surface area contributed by atoms with Crippen molar-refractivity contribution in [1.82, 2.24) is 0 Å². The lowest BCUT2D eigenvalue weighted by Crippen LogP contribution is -2.15. The monoisotopic (exact) mass is 454 g/mol. The predicted molar refractivity (Wildman–Crippen MR) is 119 cm³/mol. The van der Waals surface area contributed by atoms with Gasteiger partial charge in [0.05, 0.1) is 26.1 Å². The highest BCUT2D eigenvalue weighted by atomic mass is 16.5. The second-order valence-electron chi connectivity index (χ2n) is 7.19. The molecule has 8 nitrogen and oxygen atoms in total. The second-order valence-corrected chi connectivity index (χ2v) is 7.19. The van der Waals surface area contributed by atoms with Gasteiger partial charge in [0, 0.05) is 6.07 Å². The van der Waals surface area contributed by atoms with E-state index < -0.39 is 29.7 Å². The highest BCUT2D eigenvalue weighted by molar-refractivity contribution is 5.71. The van der Waals surface area contributed by atoms with Crippen LogP contribution in [0.5, 0.6) is 17.2 Å². The lowest BCUT2D eigenvalue weighted by Gasteiger charge is -2.19. The number of hydrogen-bond donors (Lipinski definition) is 2. The Labute approximate surface area is 191 Å². The topological polar surface area (TPSA) is 115 Å². The minimum absolute atomic E-state index is 0.0317. The maximum atomic E-state index is 12.3. The first kappa shape index (κ1) is 23.9. The van der Waals surface area contributed by atoms with Crippen LogP contribution in [0, 0.1) is 0 Å². The van der Waals surface area contributed by atoms with Crippen LogP contribution in [0.1, 0.15) is 41.9 Å². The molecule has 2 aromatic carbocycles. The normalized spacial score (nSPS) is 11.6. The van der Waals surface area contributed by atoms with Gasteiger partial charge in [0.2, 0.25) is 11.2 Å². The summed E-state index contributed by atoms with van der Waals surface area (Å²) in [4.78, 5) is 24.6. The molecule has 0 radical (unpaired) electrons. The van der Waals surface area contributed by atoms with Crippen LogP contribution in [-0.2, 0) is 22.7 Å². The molecule has 0 aliphatic rings. The van der Waals surface area contributed by atoms with Crippen molar-refractivity contribution in [1.29, 1.82) is 0 Å². The van der Waals surface area contributed by atoms with E-state index in [1.165, 1.54) is 7.11 Å². The van der Waals surface area contributed by atoms with E-state index >= 15 is 0 Å². The number of carbonyl (C=O) groups excluding carboxylic acids is 1. The number of aromatic hydroxyl groups is 1. The van der Waals surface area contributed by atoms with Crippen LogP contribution in [0.15, 0.2) is 63.8 Å². The summed E-state index contributed by atoms with van der Waals surface area (Å²) in [6, 6.07) is 15.6. The average molecular weight is 454 g/mol. The number of aliphatic hydroxyl groups excluding tert-OH is 1. The van der Waals surface area contributed by atoms with Gasteiger partial charge in [-0.3, -0.25) is 9.59 Å². The van der Waals surface area contributed by atoms with E-state index in [0.717, 1.165) is 11.6 Å². The van der Waals surface area contributed by atoms with Crippen LogP contribution < -0.4 is 14.9 Å². The summed E-state index contributed by atoms with van der Waals surface area (Å²) >= 11 is 0. The van der Waals surface area contributed by atoms with Gasteiger partial charge in [0.25, 0.3) is 0 Å². The smallest absolute Gasteiger partial charge is 0.306 e. The molecule has 3 aromatic rings. The molecule has 0 spiro atoms. The largest absolute Gasteiger partial charge is 0.502 e. The van der Waals surface area contributed by atoms with Crippen LogP contribution in [0.4, 0.5) is 0 Å². The van der Waals surface area contributed by atoms with Gasteiger partial charge >= 0.3 is 5.97 Å². The van der Waals surface area contributed by atoms with Gasteiger partial charge < -0.3 is 28.8 Å². The Morgan fingerprint density at radius 3 is 2.52 bits per heavy atom. The molecule has 0 fully saturated rings. The lowest BCUT2D eigenvalue weighted by atomic mass is 9.91. The SMILES string of the molecule is CCOC(=O)CC(c1ccc(OC)c(OCc2ccccc2)c1)c1oc(CO)cc(=O)c1O. The fraction of sp³-hybridized carbons (Fsp3) is 0.280. The molecule has 2 N–H and O–H groups in total. The van der Waals surface area contributed by atoms with Crippen molar-refractivity contribution < 1.29 is 33.6 Å². The number of rotatable bonds is 10. The van der Waals surface area contributed by atoms with E-state index in [4.69, 9.17) is 18.6 Å². The molecule has 1 heterocycles. The van der Waals surface area contributed by atoms with E-state index in [0.29, 0.717) is 17.1 Å². The minimum Gasteiger partial charge on any atom is -0.502 e. The first-order chi connectivity index (χ1) is 16.0. The predicted octanol–water partition coefficient (Wildman–Crippen LogP) is 3.51.